The number of rotatable bonds is 40. The van der Waals surface area contributed by atoms with Gasteiger partial charge in [0.25, 0.3) is 0 Å². The second-order valence-electron chi connectivity index (χ2n) is 26.3. The fourth-order valence-electron chi connectivity index (χ4n) is 15.0. The second-order valence-corrected chi connectivity index (χ2v) is 27.9. The molecule has 9 rings (SSSR count). The number of unbranched alkanes of at least 4 members (excludes halogenated alkanes) is 32. The molecule has 4 aliphatic heterocycles. The van der Waals surface area contributed by atoms with E-state index in [9.17, 15) is 5.11 Å². The molecule has 4 aromatic rings. The van der Waals surface area contributed by atoms with Crippen molar-refractivity contribution in [3.05, 3.63) is 83.8 Å². The van der Waals surface area contributed by atoms with Crippen LogP contribution in [0.2, 0.25) is 0 Å². The van der Waals surface area contributed by atoms with Gasteiger partial charge in [-0.05, 0) is 81.8 Å². The zero-order valence-corrected chi connectivity index (χ0v) is 57.4. The van der Waals surface area contributed by atoms with Gasteiger partial charge in [0.2, 0.25) is 32.9 Å². The van der Waals surface area contributed by atoms with Gasteiger partial charge in [-0.25, -0.2) is 0 Å². The van der Waals surface area contributed by atoms with Crippen LogP contribution in [0.15, 0.2) is 39.3 Å². The summed E-state index contributed by atoms with van der Waals surface area (Å²) in [6, 6.07) is 11.9. The molecule has 4 unspecified atom stereocenters. The number of hydrogen-bond acceptors (Lipinski definition) is 9. The smallest absolute Gasteiger partial charge is 0.231 e. The lowest BCUT2D eigenvalue weighted by molar-refractivity contribution is 0.0932. The van der Waals surface area contributed by atoms with E-state index in [1.807, 2.05) is 0 Å². The number of phenolic OH excluding ortho intramolecular Hbond substituents is 1. The molecule has 1 aliphatic carbocycles. The third kappa shape index (κ3) is 17.8. The predicted octanol–water partition coefficient (Wildman–Crippen LogP) is 24.4. The Bertz CT molecular complexity index is 2570. The van der Waals surface area contributed by atoms with Crippen LogP contribution in [0, 0.1) is 0 Å². The van der Waals surface area contributed by atoms with Gasteiger partial charge in [-0.2, -0.15) is 0 Å². The minimum absolute atomic E-state index is 0.0166. The van der Waals surface area contributed by atoms with Crippen molar-refractivity contribution in [2.24, 2.45) is 0 Å². The van der Waals surface area contributed by atoms with E-state index in [0.29, 0.717) is 11.5 Å². The third-order valence-electron chi connectivity index (χ3n) is 19.9. The molecule has 0 amide bonds. The van der Waals surface area contributed by atoms with Crippen LogP contribution in [-0.2, 0) is 0 Å². The van der Waals surface area contributed by atoms with Gasteiger partial charge in [-0.3, -0.25) is 0 Å². The van der Waals surface area contributed by atoms with E-state index in [-0.39, 0.29) is 56.6 Å². The first-order valence-corrected chi connectivity index (χ1v) is 37.3. The van der Waals surface area contributed by atoms with Crippen molar-refractivity contribution in [2.75, 3.05) is 27.2 Å². The fraction of sp³-hybridized carbons (Fsp3) is 0.684. The maximum atomic E-state index is 13.1. The van der Waals surface area contributed by atoms with Crippen molar-refractivity contribution in [2.45, 2.75) is 308 Å². The number of aromatic hydroxyl groups is 1. The van der Waals surface area contributed by atoms with Gasteiger partial charge in [0.1, 0.15) is 43.4 Å². The summed E-state index contributed by atoms with van der Waals surface area (Å²) in [5, 5.41) is 13.1. The monoisotopic (exact) mass is 1320 g/mol. The fourth-order valence-corrected chi connectivity index (χ4v) is 16.3. The largest absolute Gasteiger partial charge is 0.502 e. The standard InChI is InChI=1S/C76H110Br2O9/c1-5-9-13-17-21-25-29-33-37-41-54-58-45-59-55(42-38-34-30-26-22-18-14-10-6-2)61-47-63-57(44-40-36-32-28-24-20-16-12-8-4)65-48-64-56(43-39-35-31-27-23-19-15-11-7-3)62-46-60(54)71-68(77)73(62)84-52-86-75(64)70(79)76(65)87-53-85-74(63)69(78)72(61)83-51-81-67(59)49-66(58)80-50-82-71/h45-49,54-57,79H,5-44,50-53H2,1-4H3. The summed E-state index contributed by atoms with van der Waals surface area (Å²) in [5.74, 6) is 4.91. The summed E-state index contributed by atoms with van der Waals surface area (Å²) >= 11 is 8.42. The minimum atomic E-state index is -0.190. The molecule has 0 aromatic heterocycles. The predicted molar refractivity (Wildman–Crippen MR) is 362 cm³/mol. The van der Waals surface area contributed by atoms with Crippen LogP contribution in [0.25, 0.3) is 0 Å². The Labute approximate surface area is 542 Å². The summed E-state index contributed by atoms with van der Waals surface area (Å²) < 4.78 is 56.2. The van der Waals surface area contributed by atoms with Crippen LogP contribution in [0.4, 0.5) is 0 Å². The number of benzene rings is 4. The van der Waals surface area contributed by atoms with Gasteiger partial charge in [-0.15, -0.1) is 0 Å². The normalized spacial score (nSPS) is 17.7. The molecular formula is C76H110Br2O9. The lowest BCUT2D eigenvalue weighted by Crippen LogP contribution is -2.23. The van der Waals surface area contributed by atoms with Crippen LogP contribution in [-0.4, -0.2) is 32.3 Å². The third-order valence-corrected chi connectivity index (χ3v) is 21.4. The number of phenols is 1. The molecule has 0 saturated heterocycles. The first-order chi connectivity index (χ1) is 42.9. The first kappa shape index (κ1) is 67.4. The van der Waals surface area contributed by atoms with Crippen molar-refractivity contribution >= 4 is 31.9 Å². The van der Waals surface area contributed by atoms with Gasteiger partial charge in [-0.1, -0.05) is 259 Å². The molecule has 0 fully saturated rings. The van der Waals surface area contributed by atoms with E-state index in [1.165, 1.54) is 191 Å². The summed E-state index contributed by atoms with van der Waals surface area (Å²) in [7, 11) is 0. The Balaban J connectivity index is 1.22. The zero-order chi connectivity index (χ0) is 60.6. The highest BCUT2D eigenvalue weighted by atomic mass is 79.9. The molecule has 0 spiro atoms. The van der Waals surface area contributed by atoms with E-state index in [4.69, 9.17) is 37.9 Å². The first-order valence-electron chi connectivity index (χ1n) is 35.7. The van der Waals surface area contributed by atoms with Crippen LogP contribution >= 0.6 is 31.9 Å². The molecule has 482 valence electrons. The number of hydrogen-bond donors (Lipinski definition) is 1. The highest BCUT2D eigenvalue weighted by molar-refractivity contribution is 9.11. The maximum absolute atomic E-state index is 13.1. The number of halogens is 2. The molecule has 9 nitrogen and oxygen atoms in total. The quantitative estimate of drug-likeness (QED) is 0.0437. The molecule has 0 radical (unpaired) electrons. The Morgan fingerprint density at radius 2 is 0.483 bits per heavy atom. The highest BCUT2D eigenvalue weighted by Crippen LogP contribution is 2.60. The maximum Gasteiger partial charge on any atom is 0.231 e. The Morgan fingerprint density at radius 1 is 0.276 bits per heavy atom. The van der Waals surface area contributed by atoms with E-state index >= 15 is 0 Å². The topological polar surface area (TPSA) is 94.1 Å². The van der Waals surface area contributed by atoms with Crippen molar-refractivity contribution in [3.63, 3.8) is 0 Å². The molecule has 5 aliphatic rings. The molecule has 4 aromatic carbocycles. The Hall–Kier alpha value is -3.96. The Morgan fingerprint density at radius 3 is 0.759 bits per heavy atom. The number of ether oxygens (including phenoxy) is 8. The van der Waals surface area contributed by atoms with E-state index in [1.54, 1.807) is 0 Å². The van der Waals surface area contributed by atoms with Gasteiger partial charge in [0.05, 0.1) is 0 Å². The molecule has 4 atom stereocenters. The van der Waals surface area contributed by atoms with Gasteiger partial charge >= 0.3 is 0 Å². The average Bonchev–Trinajstić information content (AvgIpc) is 0.833. The molecule has 4 heterocycles. The lowest BCUT2D eigenvalue weighted by atomic mass is 9.76. The summed E-state index contributed by atoms with van der Waals surface area (Å²) in [6.45, 7) is 9.00. The van der Waals surface area contributed by atoms with E-state index in [0.717, 1.165) is 154 Å². The summed E-state index contributed by atoms with van der Waals surface area (Å²) in [6.07, 6.45) is 48.2. The molecule has 0 saturated carbocycles. The average molecular weight is 1330 g/mol. The second kappa shape index (κ2) is 36.2. The van der Waals surface area contributed by atoms with E-state index in [2.05, 4.69) is 89.9 Å². The van der Waals surface area contributed by atoms with E-state index < -0.39 is 0 Å². The van der Waals surface area contributed by atoms with Crippen LogP contribution in [0.5, 0.6) is 51.7 Å². The van der Waals surface area contributed by atoms with Crippen LogP contribution in [0.3, 0.4) is 0 Å². The molecular weight excluding hydrogens is 1220 g/mol. The van der Waals surface area contributed by atoms with Gasteiger partial charge < -0.3 is 43.0 Å². The summed E-state index contributed by atoms with van der Waals surface area (Å²) in [4.78, 5) is 0. The molecule has 87 heavy (non-hydrogen) atoms. The van der Waals surface area contributed by atoms with Crippen molar-refractivity contribution in [1.82, 2.24) is 0 Å². The molecule has 11 heteroatoms. The van der Waals surface area contributed by atoms with Crippen LogP contribution in [0.1, 0.15) is 353 Å². The minimum Gasteiger partial charge on any atom is -0.502 e. The Kier molecular flexibility index (Phi) is 28.0. The summed E-state index contributed by atoms with van der Waals surface area (Å²) in [5.41, 5.74) is 8.76. The van der Waals surface area contributed by atoms with Gasteiger partial charge in [0.15, 0.2) is 11.5 Å². The van der Waals surface area contributed by atoms with Crippen LogP contribution < -0.4 is 37.9 Å². The zero-order valence-electron chi connectivity index (χ0n) is 54.3. The van der Waals surface area contributed by atoms with Gasteiger partial charge in [0, 0.05) is 74.2 Å². The van der Waals surface area contributed by atoms with Crippen molar-refractivity contribution in [1.29, 1.82) is 0 Å². The SMILES string of the molecule is CCCCCCCCCCCC1c2cc3c4cc2OCOc2c1cc1c(c2Br)OCOc2c(cc5c(c2O)OCOc2c(cc(c(c2Br)OCO4)C3CCCCCCCCCCC)C5CCCCCCCCCCC)C1CCCCCCCCCCC. The highest BCUT2D eigenvalue weighted by Gasteiger charge is 2.40. The lowest BCUT2D eigenvalue weighted by Gasteiger charge is -2.36. The molecule has 8 bridgehead atoms. The van der Waals surface area contributed by atoms with Crippen molar-refractivity contribution < 1.29 is 43.0 Å². The van der Waals surface area contributed by atoms with Crippen molar-refractivity contribution in [3.8, 4) is 51.7 Å². The molecule has 1 N–H and O–H groups in total.